The monoisotopic (exact) mass is 214 g/mol. The number of nitrogens with one attached hydrogen (secondary N) is 1. The third-order valence-corrected chi connectivity index (χ3v) is 3.46. The molecule has 15 heavy (non-hydrogen) atoms. The fraction of sp³-hybridized carbons (Fsp3) is 0.909. The molecule has 0 spiro atoms. The van der Waals surface area contributed by atoms with Gasteiger partial charge in [0.05, 0.1) is 0 Å². The Morgan fingerprint density at radius 3 is 2.73 bits per heavy atom. The highest BCUT2D eigenvalue weighted by molar-refractivity contribution is 5.85. The van der Waals surface area contributed by atoms with Gasteiger partial charge in [0.25, 0.3) is 5.91 Å². The number of methoxy groups -OCH3 is 1. The average Bonchev–Trinajstić information content (AvgIpc) is 2.75. The maximum Gasteiger partial charge on any atom is 0.254 e. The molecule has 4 nitrogen and oxygen atoms in total. The molecule has 0 aliphatic carbocycles. The van der Waals surface area contributed by atoms with Crippen molar-refractivity contribution in [2.24, 2.45) is 0 Å². The fourth-order valence-electron chi connectivity index (χ4n) is 1.90. The maximum absolute atomic E-state index is 12.2. The molecule has 0 bridgehead atoms. The number of nitrogens with zero attached hydrogens (tertiary/aromatic N) is 1. The van der Waals surface area contributed by atoms with Gasteiger partial charge in [-0.15, -0.1) is 0 Å². The molecule has 1 aliphatic rings. The van der Waals surface area contributed by atoms with Crippen molar-refractivity contribution >= 4 is 5.91 Å². The molecule has 1 heterocycles. The number of likely N-dealkylation sites (N-methyl/N-ethyl adjacent to an activating group) is 1. The summed E-state index contributed by atoms with van der Waals surface area (Å²) in [6, 6.07) is 0.437. The first-order valence-electron chi connectivity index (χ1n) is 5.59. The topological polar surface area (TPSA) is 41.6 Å². The van der Waals surface area contributed by atoms with E-state index in [1.165, 1.54) is 0 Å². The van der Waals surface area contributed by atoms with Gasteiger partial charge in [-0.3, -0.25) is 4.79 Å². The first-order valence-corrected chi connectivity index (χ1v) is 5.59. The van der Waals surface area contributed by atoms with Crippen LogP contribution >= 0.6 is 0 Å². The number of likely N-dealkylation sites (tertiary alicyclic amines) is 1. The Morgan fingerprint density at radius 2 is 2.33 bits per heavy atom. The molecule has 0 radical (unpaired) electrons. The van der Waals surface area contributed by atoms with Crippen LogP contribution in [0.15, 0.2) is 0 Å². The summed E-state index contributed by atoms with van der Waals surface area (Å²) in [7, 11) is 3.54. The molecule has 0 saturated carbocycles. The highest BCUT2D eigenvalue weighted by Gasteiger charge is 2.37. The first kappa shape index (κ1) is 12.5. The first-order chi connectivity index (χ1) is 7.07. The van der Waals surface area contributed by atoms with E-state index in [0.29, 0.717) is 12.5 Å². The summed E-state index contributed by atoms with van der Waals surface area (Å²) in [5, 5.41) is 3.20. The second-order valence-corrected chi connectivity index (χ2v) is 4.31. The molecule has 4 heteroatoms. The fourth-order valence-corrected chi connectivity index (χ4v) is 1.90. The van der Waals surface area contributed by atoms with Crippen LogP contribution in [0.2, 0.25) is 0 Å². The maximum atomic E-state index is 12.2. The van der Waals surface area contributed by atoms with E-state index >= 15 is 0 Å². The van der Waals surface area contributed by atoms with E-state index < -0.39 is 5.60 Å². The molecule has 0 aromatic rings. The molecular weight excluding hydrogens is 192 g/mol. The predicted octanol–water partition coefficient (Wildman–Crippen LogP) is 0.622. The zero-order valence-electron chi connectivity index (χ0n) is 10.2. The SMILES string of the molecule is CCC(C)(OC)C(=O)N1CCC(NC)C1. The van der Waals surface area contributed by atoms with Crippen molar-refractivity contribution < 1.29 is 9.53 Å². The second kappa shape index (κ2) is 4.94. The largest absolute Gasteiger partial charge is 0.369 e. The molecule has 88 valence electrons. The molecule has 1 rings (SSSR count). The van der Waals surface area contributed by atoms with Gasteiger partial charge in [0.2, 0.25) is 0 Å². The van der Waals surface area contributed by atoms with Gasteiger partial charge in [0, 0.05) is 26.2 Å². The van der Waals surface area contributed by atoms with Crippen molar-refractivity contribution in [3.05, 3.63) is 0 Å². The van der Waals surface area contributed by atoms with Gasteiger partial charge in [-0.25, -0.2) is 0 Å². The van der Waals surface area contributed by atoms with E-state index in [1.807, 2.05) is 25.8 Å². The van der Waals surface area contributed by atoms with E-state index in [1.54, 1.807) is 7.11 Å². The number of hydrogen-bond donors (Lipinski definition) is 1. The van der Waals surface area contributed by atoms with E-state index in [9.17, 15) is 4.79 Å². The van der Waals surface area contributed by atoms with E-state index in [-0.39, 0.29) is 5.91 Å². The van der Waals surface area contributed by atoms with Crippen molar-refractivity contribution in [2.75, 3.05) is 27.2 Å². The minimum Gasteiger partial charge on any atom is -0.369 e. The minimum atomic E-state index is -0.650. The summed E-state index contributed by atoms with van der Waals surface area (Å²) in [5.74, 6) is 0.116. The zero-order chi connectivity index (χ0) is 11.5. The van der Waals surface area contributed by atoms with Gasteiger partial charge >= 0.3 is 0 Å². The van der Waals surface area contributed by atoms with Gasteiger partial charge in [0.15, 0.2) is 0 Å². The van der Waals surface area contributed by atoms with Crippen LogP contribution in [0.3, 0.4) is 0 Å². The van der Waals surface area contributed by atoms with Crippen molar-refractivity contribution in [3.63, 3.8) is 0 Å². The summed E-state index contributed by atoms with van der Waals surface area (Å²) in [6.07, 6.45) is 1.74. The van der Waals surface area contributed by atoms with Crippen molar-refractivity contribution in [2.45, 2.75) is 38.3 Å². The summed E-state index contributed by atoms with van der Waals surface area (Å²) in [5.41, 5.74) is -0.650. The number of rotatable bonds is 4. The lowest BCUT2D eigenvalue weighted by atomic mass is 10.0. The Labute approximate surface area is 92.0 Å². The second-order valence-electron chi connectivity index (χ2n) is 4.31. The van der Waals surface area contributed by atoms with Crippen LogP contribution in [0.25, 0.3) is 0 Å². The third kappa shape index (κ3) is 2.49. The standard InChI is InChI=1S/C11H22N2O2/c1-5-11(2,15-4)10(14)13-7-6-9(8-13)12-3/h9,12H,5-8H2,1-4H3. The number of amides is 1. The third-order valence-electron chi connectivity index (χ3n) is 3.46. The van der Waals surface area contributed by atoms with Crippen molar-refractivity contribution in [3.8, 4) is 0 Å². The van der Waals surface area contributed by atoms with Crippen LogP contribution in [-0.4, -0.2) is 49.7 Å². The minimum absolute atomic E-state index is 0.116. The Hall–Kier alpha value is -0.610. The van der Waals surface area contributed by atoms with Crippen LogP contribution in [0.5, 0.6) is 0 Å². The Kier molecular flexibility index (Phi) is 4.11. The van der Waals surface area contributed by atoms with Crippen LogP contribution in [-0.2, 0) is 9.53 Å². The van der Waals surface area contributed by atoms with Crippen molar-refractivity contribution in [1.82, 2.24) is 10.2 Å². The van der Waals surface area contributed by atoms with Gasteiger partial charge < -0.3 is 15.0 Å². The smallest absolute Gasteiger partial charge is 0.254 e. The van der Waals surface area contributed by atoms with E-state index in [2.05, 4.69) is 5.32 Å². The Balaban J connectivity index is 2.61. The molecule has 1 aliphatic heterocycles. The molecule has 1 saturated heterocycles. The number of ether oxygens (including phenoxy) is 1. The Bertz CT molecular complexity index is 227. The molecule has 2 atom stereocenters. The molecule has 1 fully saturated rings. The van der Waals surface area contributed by atoms with Crippen LogP contribution in [0.1, 0.15) is 26.7 Å². The zero-order valence-corrected chi connectivity index (χ0v) is 10.2. The molecule has 1 N–H and O–H groups in total. The van der Waals surface area contributed by atoms with Gasteiger partial charge in [-0.1, -0.05) is 6.92 Å². The molecule has 0 aromatic heterocycles. The van der Waals surface area contributed by atoms with E-state index in [4.69, 9.17) is 4.74 Å². The molecule has 2 unspecified atom stereocenters. The van der Waals surface area contributed by atoms with Crippen LogP contribution in [0, 0.1) is 0 Å². The average molecular weight is 214 g/mol. The van der Waals surface area contributed by atoms with Crippen LogP contribution in [0.4, 0.5) is 0 Å². The summed E-state index contributed by atoms with van der Waals surface area (Å²) >= 11 is 0. The summed E-state index contributed by atoms with van der Waals surface area (Å²) in [4.78, 5) is 14.1. The van der Waals surface area contributed by atoms with E-state index in [0.717, 1.165) is 19.5 Å². The predicted molar refractivity (Wildman–Crippen MR) is 59.7 cm³/mol. The lowest BCUT2D eigenvalue weighted by Gasteiger charge is -2.30. The molecule has 1 amide bonds. The number of carbonyl (C=O) groups excluding carboxylic acids is 1. The molecular formula is C11H22N2O2. The Morgan fingerprint density at radius 1 is 1.67 bits per heavy atom. The van der Waals surface area contributed by atoms with Gasteiger partial charge in [-0.05, 0) is 26.8 Å². The normalized spacial score (nSPS) is 25.3. The number of carbonyl (C=O) groups is 1. The highest BCUT2D eigenvalue weighted by atomic mass is 16.5. The van der Waals surface area contributed by atoms with Gasteiger partial charge in [-0.2, -0.15) is 0 Å². The van der Waals surface area contributed by atoms with Crippen molar-refractivity contribution in [1.29, 1.82) is 0 Å². The summed E-state index contributed by atoms with van der Waals surface area (Å²) in [6.45, 7) is 5.48. The lowest BCUT2D eigenvalue weighted by Crippen LogP contribution is -2.47. The molecule has 0 aromatic carbocycles. The van der Waals surface area contributed by atoms with Gasteiger partial charge in [0.1, 0.15) is 5.60 Å². The lowest BCUT2D eigenvalue weighted by molar-refractivity contribution is -0.152. The summed E-state index contributed by atoms with van der Waals surface area (Å²) < 4.78 is 5.32. The number of hydrogen-bond acceptors (Lipinski definition) is 3. The highest BCUT2D eigenvalue weighted by Crippen LogP contribution is 2.21. The van der Waals surface area contributed by atoms with Crippen LogP contribution < -0.4 is 5.32 Å². The quantitative estimate of drug-likeness (QED) is 0.746.